The molecule has 131 valence electrons. The molecule has 6 nitrogen and oxygen atoms in total. The first-order chi connectivity index (χ1) is 11.3. The Kier molecular flexibility index (Phi) is 6.10. The fourth-order valence-corrected chi connectivity index (χ4v) is 2.88. The lowest BCUT2D eigenvalue weighted by Gasteiger charge is -2.24. The summed E-state index contributed by atoms with van der Waals surface area (Å²) in [6.07, 6.45) is 1.70. The number of ether oxygens (including phenoxy) is 1. The van der Waals surface area contributed by atoms with E-state index in [1.165, 1.54) is 13.2 Å². The fraction of sp³-hybridized carbons (Fsp3) is 0.647. The van der Waals surface area contributed by atoms with Gasteiger partial charge in [0.1, 0.15) is 11.4 Å². The van der Waals surface area contributed by atoms with E-state index in [-0.39, 0.29) is 6.09 Å². The molecule has 1 amide bonds. The zero-order valence-electron chi connectivity index (χ0n) is 15.3. The molecule has 1 aromatic heterocycles. The maximum atomic E-state index is 12.2. The van der Waals surface area contributed by atoms with Gasteiger partial charge in [-0.15, -0.1) is 0 Å². The van der Waals surface area contributed by atoms with E-state index >= 15 is 0 Å². The van der Waals surface area contributed by atoms with Crippen LogP contribution in [0.5, 0.6) is 0 Å². The van der Waals surface area contributed by atoms with E-state index in [9.17, 15) is 4.79 Å². The summed E-state index contributed by atoms with van der Waals surface area (Å²) in [5.74, 6) is 1.22. The van der Waals surface area contributed by atoms with E-state index in [4.69, 9.17) is 9.39 Å². The van der Waals surface area contributed by atoms with E-state index in [1.807, 2.05) is 38.7 Å². The van der Waals surface area contributed by atoms with Crippen molar-refractivity contribution < 1.29 is 14.2 Å². The number of hydrogen-bond acceptors (Lipinski definition) is 5. The van der Waals surface area contributed by atoms with Gasteiger partial charge in [0.05, 0.1) is 0 Å². The number of anilines is 1. The van der Waals surface area contributed by atoms with Gasteiger partial charge < -0.3 is 19.5 Å². The second-order valence-electron chi connectivity index (χ2n) is 7.29. The van der Waals surface area contributed by atoms with Crippen molar-refractivity contribution in [3.05, 3.63) is 23.4 Å². The summed E-state index contributed by atoms with van der Waals surface area (Å²) in [5, 5.41) is 3.01. The standard InChI is InChI=1S/C17H27BN3O3/c1-12-8-14(10-15(19-12)20-18-23-5)9-13-6-7-21(11-13)16(22)24-17(2,3)4/h8,10,13H,6-7,9,11H2,1-5H3,(H,19,20)/t13-/m0/s1. The molecule has 1 aliphatic rings. The average molecular weight is 332 g/mol. The lowest BCUT2D eigenvalue weighted by Crippen LogP contribution is -2.35. The van der Waals surface area contributed by atoms with Crippen molar-refractivity contribution in [1.82, 2.24) is 9.88 Å². The Bertz CT molecular complexity index is 575. The largest absolute Gasteiger partial charge is 0.444 e. The van der Waals surface area contributed by atoms with Crippen LogP contribution in [0.1, 0.15) is 38.4 Å². The number of carbonyl (C=O) groups excluding carboxylic acids is 1. The highest BCUT2D eigenvalue weighted by Gasteiger charge is 2.29. The van der Waals surface area contributed by atoms with Crippen molar-refractivity contribution >= 4 is 19.5 Å². The third-order valence-corrected chi connectivity index (χ3v) is 3.80. The van der Waals surface area contributed by atoms with E-state index in [0.717, 1.165) is 37.4 Å². The molecule has 1 aromatic rings. The van der Waals surface area contributed by atoms with Crippen LogP contribution in [0.3, 0.4) is 0 Å². The molecule has 1 N–H and O–H groups in total. The van der Waals surface area contributed by atoms with Gasteiger partial charge in [-0.2, -0.15) is 0 Å². The van der Waals surface area contributed by atoms with Crippen molar-refractivity contribution in [2.24, 2.45) is 5.92 Å². The Labute approximate surface area is 145 Å². The van der Waals surface area contributed by atoms with Crippen LogP contribution in [0.2, 0.25) is 0 Å². The summed E-state index contributed by atoms with van der Waals surface area (Å²) < 4.78 is 10.4. The molecule has 7 heteroatoms. The number of nitrogens with one attached hydrogen (secondary N) is 1. The van der Waals surface area contributed by atoms with Crippen LogP contribution >= 0.6 is 0 Å². The summed E-state index contributed by atoms with van der Waals surface area (Å²) in [6, 6.07) is 4.12. The molecule has 0 aliphatic carbocycles. The first kappa shape index (κ1) is 18.6. The molecule has 0 saturated carbocycles. The molecule has 0 aromatic carbocycles. The summed E-state index contributed by atoms with van der Waals surface area (Å²) in [4.78, 5) is 18.4. The van der Waals surface area contributed by atoms with E-state index < -0.39 is 5.60 Å². The molecule has 2 heterocycles. The average Bonchev–Trinajstić information content (AvgIpc) is 2.91. The van der Waals surface area contributed by atoms with Crippen molar-refractivity contribution in [2.45, 2.75) is 46.1 Å². The van der Waals surface area contributed by atoms with Crippen LogP contribution < -0.4 is 5.23 Å². The number of aryl methyl sites for hydroxylation is 1. The quantitative estimate of drug-likeness (QED) is 0.840. The summed E-state index contributed by atoms with van der Waals surface area (Å²) in [5.41, 5.74) is 1.72. The van der Waals surface area contributed by atoms with Crippen LogP contribution in [0.25, 0.3) is 0 Å². The van der Waals surface area contributed by atoms with E-state index in [2.05, 4.69) is 16.3 Å². The summed E-state index contributed by atoms with van der Waals surface area (Å²) in [7, 11) is 3.10. The Morgan fingerprint density at radius 3 is 2.88 bits per heavy atom. The maximum Gasteiger partial charge on any atom is 0.437 e. The van der Waals surface area contributed by atoms with Gasteiger partial charge in [-0.3, -0.25) is 0 Å². The Morgan fingerprint density at radius 2 is 2.21 bits per heavy atom. The van der Waals surface area contributed by atoms with Gasteiger partial charge in [0.15, 0.2) is 0 Å². The third-order valence-electron chi connectivity index (χ3n) is 3.80. The van der Waals surface area contributed by atoms with Gasteiger partial charge in [0, 0.05) is 25.9 Å². The molecule has 1 aliphatic heterocycles. The molecule has 1 fully saturated rings. The summed E-state index contributed by atoms with van der Waals surface area (Å²) in [6.45, 7) is 9.15. The highest BCUT2D eigenvalue weighted by molar-refractivity contribution is 6.32. The van der Waals surface area contributed by atoms with Crippen molar-refractivity contribution in [1.29, 1.82) is 0 Å². The minimum absolute atomic E-state index is 0.215. The smallest absolute Gasteiger partial charge is 0.437 e. The highest BCUT2D eigenvalue weighted by atomic mass is 16.6. The second-order valence-corrected chi connectivity index (χ2v) is 7.29. The maximum absolute atomic E-state index is 12.2. The van der Waals surface area contributed by atoms with Gasteiger partial charge in [-0.25, -0.2) is 9.78 Å². The molecule has 1 saturated heterocycles. The zero-order valence-corrected chi connectivity index (χ0v) is 15.3. The predicted molar refractivity (Wildman–Crippen MR) is 95.0 cm³/mol. The van der Waals surface area contributed by atoms with Crippen LogP contribution in [-0.2, 0) is 15.8 Å². The molecule has 1 atom stereocenters. The normalized spacial score (nSPS) is 17.7. The van der Waals surface area contributed by atoms with Crippen molar-refractivity contribution in [3.8, 4) is 0 Å². The van der Waals surface area contributed by atoms with Gasteiger partial charge in [-0.1, -0.05) is 0 Å². The molecular weight excluding hydrogens is 305 g/mol. The van der Waals surface area contributed by atoms with Crippen LogP contribution in [0.4, 0.5) is 10.6 Å². The Morgan fingerprint density at radius 1 is 1.46 bits per heavy atom. The van der Waals surface area contributed by atoms with E-state index in [0.29, 0.717) is 5.92 Å². The van der Waals surface area contributed by atoms with Crippen molar-refractivity contribution in [3.63, 3.8) is 0 Å². The SMILES string of the molecule is CO[B]Nc1cc(C[C@@H]2CCN(C(=O)OC(C)(C)C)C2)cc(C)n1. The molecule has 0 spiro atoms. The number of likely N-dealkylation sites (tertiary alicyclic amines) is 1. The Hall–Kier alpha value is -1.76. The zero-order chi connectivity index (χ0) is 17.7. The molecule has 0 bridgehead atoms. The Balaban J connectivity index is 1.93. The van der Waals surface area contributed by atoms with Crippen LogP contribution in [0, 0.1) is 12.8 Å². The van der Waals surface area contributed by atoms with E-state index in [1.54, 1.807) is 7.11 Å². The first-order valence-corrected chi connectivity index (χ1v) is 8.33. The lowest BCUT2D eigenvalue weighted by atomic mass is 9.98. The van der Waals surface area contributed by atoms with Crippen molar-refractivity contribution in [2.75, 3.05) is 25.4 Å². The lowest BCUT2D eigenvalue weighted by molar-refractivity contribution is 0.0288. The number of nitrogens with zero attached hydrogens (tertiary/aromatic N) is 2. The molecule has 0 unspecified atom stereocenters. The summed E-state index contributed by atoms with van der Waals surface area (Å²) >= 11 is 0. The van der Waals surface area contributed by atoms with Gasteiger partial charge >= 0.3 is 13.7 Å². The molecule has 1 radical (unpaired) electrons. The number of carbonyl (C=O) groups is 1. The van der Waals surface area contributed by atoms with Crippen LogP contribution in [0.15, 0.2) is 12.1 Å². The van der Waals surface area contributed by atoms with Gasteiger partial charge in [0.25, 0.3) is 0 Å². The van der Waals surface area contributed by atoms with Gasteiger partial charge in [0.2, 0.25) is 0 Å². The monoisotopic (exact) mass is 332 g/mol. The fourth-order valence-electron chi connectivity index (χ4n) is 2.88. The minimum Gasteiger partial charge on any atom is -0.444 e. The predicted octanol–water partition coefficient (Wildman–Crippen LogP) is 2.78. The minimum atomic E-state index is -0.449. The second kappa shape index (κ2) is 7.88. The third kappa shape index (κ3) is 5.71. The molecular formula is C17H27BN3O3. The number of pyridine rings is 1. The topological polar surface area (TPSA) is 63.7 Å². The highest BCUT2D eigenvalue weighted by Crippen LogP contribution is 2.24. The number of hydrogen-bond donors (Lipinski definition) is 1. The molecule has 24 heavy (non-hydrogen) atoms. The number of amides is 1. The number of rotatable bonds is 5. The number of aromatic nitrogens is 1. The van der Waals surface area contributed by atoms with Crippen LogP contribution in [-0.4, -0.2) is 49.4 Å². The molecule has 2 rings (SSSR count). The van der Waals surface area contributed by atoms with Gasteiger partial charge in [-0.05, 0) is 64.2 Å². The first-order valence-electron chi connectivity index (χ1n) is 8.33.